The summed E-state index contributed by atoms with van der Waals surface area (Å²) in [7, 11) is 1.49. The summed E-state index contributed by atoms with van der Waals surface area (Å²) < 4.78 is 36.0. The molecule has 3 rings (SSSR count). The average molecular weight is 413 g/mol. The van der Waals surface area contributed by atoms with E-state index in [-0.39, 0.29) is 29.3 Å². The SMILES string of the molecule is CC1CN(C(CNc2cnn(C)c(=O)c2Cl)c2c(F)cccc2F)CC(C)O1. The van der Waals surface area contributed by atoms with Crippen molar-refractivity contribution < 1.29 is 13.5 Å². The predicted molar refractivity (Wildman–Crippen MR) is 104 cm³/mol. The van der Waals surface area contributed by atoms with E-state index in [9.17, 15) is 13.6 Å². The Morgan fingerprint density at radius 1 is 1.29 bits per heavy atom. The van der Waals surface area contributed by atoms with Gasteiger partial charge in [0.2, 0.25) is 0 Å². The Morgan fingerprint density at radius 3 is 2.50 bits per heavy atom. The highest BCUT2D eigenvalue weighted by Crippen LogP contribution is 2.30. The summed E-state index contributed by atoms with van der Waals surface area (Å²) in [5.74, 6) is -1.24. The maximum absolute atomic E-state index is 14.6. The average Bonchev–Trinajstić information content (AvgIpc) is 2.62. The van der Waals surface area contributed by atoms with Crippen LogP contribution in [0.5, 0.6) is 0 Å². The van der Waals surface area contributed by atoms with Gasteiger partial charge in [0.25, 0.3) is 5.56 Å². The second kappa shape index (κ2) is 8.55. The molecule has 1 aromatic heterocycles. The molecule has 1 aromatic carbocycles. The van der Waals surface area contributed by atoms with E-state index in [1.54, 1.807) is 0 Å². The number of morpholine rings is 1. The third-order valence-corrected chi connectivity index (χ3v) is 5.15. The van der Waals surface area contributed by atoms with E-state index in [4.69, 9.17) is 16.3 Å². The van der Waals surface area contributed by atoms with Crippen molar-refractivity contribution in [3.8, 4) is 0 Å². The lowest BCUT2D eigenvalue weighted by Gasteiger charge is -2.40. The molecule has 1 aliphatic heterocycles. The van der Waals surface area contributed by atoms with Crippen LogP contribution >= 0.6 is 11.6 Å². The minimum Gasteiger partial charge on any atom is -0.380 e. The van der Waals surface area contributed by atoms with Gasteiger partial charge in [0.1, 0.15) is 16.7 Å². The molecule has 3 unspecified atom stereocenters. The van der Waals surface area contributed by atoms with Crippen molar-refractivity contribution in [3.05, 3.63) is 57.0 Å². The molecule has 0 aliphatic carbocycles. The lowest BCUT2D eigenvalue weighted by Crippen LogP contribution is -2.48. The van der Waals surface area contributed by atoms with Gasteiger partial charge in [-0.3, -0.25) is 9.69 Å². The molecular formula is C19H23ClF2N4O2. The fraction of sp³-hybridized carbons (Fsp3) is 0.474. The van der Waals surface area contributed by atoms with Crippen LogP contribution in [0.25, 0.3) is 0 Å². The van der Waals surface area contributed by atoms with Crippen LogP contribution < -0.4 is 10.9 Å². The quantitative estimate of drug-likeness (QED) is 0.818. The van der Waals surface area contributed by atoms with Gasteiger partial charge in [-0.25, -0.2) is 13.5 Å². The highest BCUT2D eigenvalue weighted by molar-refractivity contribution is 6.32. The van der Waals surface area contributed by atoms with Crippen molar-refractivity contribution in [1.29, 1.82) is 0 Å². The number of nitrogens with one attached hydrogen (secondary N) is 1. The number of benzene rings is 1. The summed E-state index contributed by atoms with van der Waals surface area (Å²) >= 11 is 6.11. The van der Waals surface area contributed by atoms with Gasteiger partial charge in [-0.15, -0.1) is 0 Å². The first kappa shape index (κ1) is 20.7. The van der Waals surface area contributed by atoms with Gasteiger partial charge in [-0.2, -0.15) is 5.10 Å². The summed E-state index contributed by atoms with van der Waals surface area (Å²) in [6, 6.07) is 3.21. The van der Waals surface area contributed by atoms with E-state index < -0.39 is 23.2 Å². The highest BCUT2D eigenvalue weighted by atomic mass is 35.5. The van der Waals surface area contributed by atoms with Crippen LogP contribution in [-0.2, 0) is 11.8 Å². The number of aryl methyl sites for hydroxylation is 1. The van der Waals surface area contributed by atoms with Crippen LogP contribution in [0.1, 0.15) is 25.5 Å². The van der Waals surface area contributed by atoms with Crippen molar-refractivity contribution >= 4 is 17.3 Å². The summed E-state index contributed by atoms with van der Waals surface area (Å²) in [6.45, 7) is 5.03. The van der Waals surface area contributed by atoms with Gasteiger partial charge in [-0.1, -0.05) is 17.7 Å². The predicted octanol–water partition coefficient (Wildman–Crippen LogP) is 2.97. The van der Waals surface area contributed by atoms with E-state index in [0.29, 0.717) is 18.8 Å². The topological polar surface area (TPSA) is 59.4 Å². The molecule has 152 valence electrons. The molecule has 1 aliphatic rings. The number of hydrogen-bond donors (Lipinski definition) is 1. The van der Waals surface area contributed by atoms with Gasteiger partial charge in [-0.05, 0) is 26.0 Å². The molecule has 3 atom stereocenters. The minimum absolute atomic E-state index is 0.0195. The number of ether oxygens (including phenoxy) is 1. The molecule has 6 nitrogen and oxygen atoms in total. The van der Waals surface area contributed by atoms with Crippen molar-refractivity contribution in [3.63, 3.8) is 0 Å². The van der Waals surface area contributed by atoms with Crippen molar-refractivity contribution in [2.75, 3.05) is 25.0 Å². The van der Waals surface area contributed by atoms with Crippen molar-refractivity contribution in [2.45, 2.75) is 32.1 Å². The number of rotatable bonds is 5. The molecule has 1 saturated heterocycles. The number of anilines is 1. The molecule has 0 spiro atoms. The fourth-order valence-corrected chi connectivity index (χ4v) is 3.79. The fourth-order valence-electron chi connectivity index (χ4n) is 3.56. The summed E-state index contributed by atoms with van der Waals surface area (Å²) in [5, 5.41) is 6.96. The van der Waals surface area contributed by atoms with Gasteiger partial charge in [0.05, 0.1) is 30.1 Å². The maximum Gasteiger partial charge on any atom is 0.287 e. The van der Waals surface area contributed by atoms with Gasteiger partial charge in [0.15, 0.2) is 0 Å². The van der Waals surface area contributed by atoms with E-state index in [1.807, 2.05) is 18.7 Å². The van der Waals surface area contributed by atoms with Crippen LogP contribution in [0.15, 0.2) is 29.2 Å². The van der Waals surface area contributed by atoms with Crippen LogP contribution in [0.3, 0.4) is 0 Å². The van der Waals surface area contributed by atoms with Gasteiger partial charge in [0, 0.05) is 32.2 Å². The molecule has 2 heterocycles. The molecule has 2 aromatic rings. The van der Waals surface area contributed by atoms with E-state index in [1.165, 1.54) is 31.4 Å². The Morgan fingerprint density at radius 2 is 1.89 bits per heavy atom. The lowest BCUT2D eigenvalue weighted by atomic mass is 10.0. The second-order valence-corrected chi connectivity index (χ2v) is 7.42. The zero-order valence-electron chi connectivity index (χ0n) is 16.0. The number of halogens is 3. The first-order valence-corrected chi connectivity index (χ1v) is 9.44. The van der Waals surface area contributed by atoms with E-state index in [0.717, 1.165) is 4.68 Å². The van der Waals surface area contributed by atoms with Crippen LogP contribution in [0, 0.1) is 11.6 Å². The first-order chi connectivity index (χ1) is 13.3. The van der Waals surface area contributed by atoms with Crippen LogP contribution in [-0.4, -0.2) is 46.5 Å². The van der Waals surface area contributed by atoms with E-state index in [2.05, 4.69) is 10.4 Å². The third kappa shape index (κ3) is 4.34. The Labute approximate surface area is 167 Å². The van der Waals surface area contributed by atoms with Gasteiger partial charge >= 0.3 is 0 Å². The highest BCUT2D eigenvalue weighted by Gasteiger charge is 2.32. The first-order valence-electron chi connectivity index (χ1n) is 9.07. The van der Waals surface area contributed by atoms with Crippen LogP contribution in [0.2, 0.25) is 5.02 Å². The zero-order valence-corrected chi connectivity index (χ0v) is 16.7. The molecule has 28 heavy (non-hydrogen) atoms. The largest absolute Gasteiger partial charge is 0.380 e. The second-order valence-electron chi connectivity index (χ2n) is 7.04. The number of hydrogen-bond acceptors (Lipinski definition) is 5. The Hall–Kier alpha value is -2.03. The smallest absolute Gasteiger partial charge is 0.287 e. The Balaban J connectivity index is 1.93. The Kier molecular flexibility index (Phi) is 6.32. The zero-order chi connectivity index (χ0) is 20.4. The Bertz CT molecular complexity index is 878. The summed E-state index contributed by atoms with van der Waals surface area (Å²) in [6.07, 6.45) is 1.27. The lowest BCUT2D eigenvalue weighted by molar-refractivity contribution is -0.0801. The molecule has 0 bridgehead atoms. The maximum atomic E-state index is 14.6. The standard InChI is InChI=1S/C19H23ClF2N4O2/c1-11-9-26(10-12(2)28-11)16(17-13(21)5-4-6-14(17)22)8-23-15-7-24-25(3)19(27)18(15)20/h4-7,11-12,16,23H,8-10H2,1-3H3. The molecule has 9 heteroatoms. The summed E-state index contributed by atoms with van der Waals surface area (Å²) in [4.78, 5) is 14.0. The normalized spacial score (nSPS) is 21.5. The number of nitrogens with zero attached hydrogens (tertiary/aromatic N) is 3. The van der Waals surface area contributed by atoms with Crippen LogP contribution in [0.4, 0.5) is 14.5 Å². The van der Waals surface area contributed by atoms with Crippen molar-refractivity contribution in [2.24, 2.45) is 7.05 Å². The molecule has 1 N–H and O–H groups in total. The minimum atomic E-state index is -0.619. The summed E-state index contributed by atoms with van der Waals surface area (Å²) in [5.41, 5.74) is -0.154. The molecule has 0 amide bonds. The third-order valence-electron chi connectivity index (χ3n) is 4.79. The molecule has 0 radical (unpaired) electrons. The number of aromatic nitrogens is 2. The van der Waals surface area contributed by atoms with E-state index >= 15 is 0 Å². The monoisotopic (exact) mass is 412 g/mol. The van der Waals surface area contributed by atoms with Crippen molar-refractivity contribution in [1.82, 2.24) is 14.7 Å². The molecular weight excluding hydrogens is 390 g/mol. The molecule has 0 saturated carbocycles. The van der Waals surface area contributed by atoms with Gasteiger partial charge < -0.3 is 10.1 Å². The molecule has 1 fully saturated rings.